The van der Waals surface area contributed by atoms with Gasteiger partial charge in [-0.05, 0) is 72.7 Å². The number of nitrogens with one attached hydrogen (secondary N) is 1. The molecule has 9 heteroatoms. The zero-order valence-electron chi connectivity index (χ0n) is 20.9. The highest BCUT2D eigenvalue weighted by atomic mass is 35.5. The first-order chi connectivity index (χ1) is 18.4. The van der Waals surface area contributed by atoms with Crippen molar-refractivity contribution in [2.24, 2.45) is 0 Å². The summed E-state index contributed by atoms with van der Waals surface area (Å²) in [5.74, 6) is 2.62. The minimum absolute atomic E-state index is 0.185. The minimum Gasteiger partial charge on any atom is -0.496 e. The van der Waals surface area contributed by atoms with Gasteiger partial charge in [-0.1, -0.05) is 23.7 Å². The maximum Gasteiger partial charge on any atom is 0.506 e. The van der Waals surface area contributed by atoms with Crippen LogP contribution in [0.15, 0.2) is 54.6 Å². The molecular weight excluding hydrogens is 510 g/mol. The number of amides is 1. The second-order valence-electron chi connectivity index (χ2n) is 9.31. The first kappa shape index (κ1) is 25.7. The van der Waals surface area contributed by atoms with Crippen molar-refractivity contribution in [3.8, 4) is 23.0 Å². The fourth-order valence-electron chi connectivity index (χ4n) is 4.53. The molecule has 5 rings (SSSR count). The smallest absolute Gasteiger partial charge is 0.496 e. The normalized spacial score (nSPS) is 16.1. The van der Waals surface area contributed by atoms with Gasteiger partial charge < -0.3 is 29.4 Å². The van der Waals surface area contributed by atoms with Crippen molar-refractivity contribution in [3.05, 3.63) is 81.9 Å². The van der Waals surface area contributed by atoms with Crippen LogP contribution in [0.3, 0.4) is 0 Å². The summed E-state index contributed by atoms with van der Waals surface area (Å²) >= 11 is 6.39. The van der Waals surface area contributed by atoms with E-state index in [4.69, 9.17) is 35.7 Å². The van der Waals surface area contributed by atoms with E-state index in [0.717, 1.165) is 11.3 Å². The Hall–Kier alpha value is -3.91. The monoisotopic (exact) mass is 537 g/mol. The Bertz CT molecular complexity index is 1340. The van der Waals surface area contributed by atoms with E-state index >= 15 is 0 Å². The van der Waals surface area contributed by atoms with Crippen LogP contribution in [-0.2, 0) is 11.2 Å². The molecule has 1 fully saturated rings. The third-order valence-electron chi connectivity index (χ3n) is 6.68. The molecule has 2 aliphatic rings. The summed E-state index contributed by atoms with van der Waals surface area (Å²) in [4.78, 5) is 23.6. The Balaban J connectivity index is 1.18. The van der Waals surface area contributed by atoms with Crippen LogP contribution in [0.2, 0.25) is 5.02 Å². The predicted octanol–water partition coefficient (Wildman–Crippen LogP) is 6.51. The Morgan fingerprint density at radius 1 is 1.05 bits per heavy atom. The molecule has 38 heavy (non-hydrogen) atoms. The van der Waals surface area contributed by atoms with Gasteiger partial charge in [0.1, 0.15) is 29.1 Å². The van der Waals surface area contributed by atoms with Crippen molar-refractivity contribution in [2.45, 2.75) is 37.7 Å². The maximum atomic E-state index is 12.7. The molecule has 0 bridgehead atoms. The number of rotatable bonds is 9. The van der Waals surface area contributed by atoms with E-state index in [0.29, 0.717) is 60.3 Å². The summed E-state index contributed by atoms with van der Waals surface area (Å²) < 4.78 is 22.1. The van der Waals surface area contributed by atoms with Gasteiger partial charge in [0.05, 0.1) is 18.7 Å². The molecule has 3 aromatic rings. The maximum absolute atomic E-state index is 12.7. The number of hydrogen-bond donors (Lipinski definition) is 2. The number of carboxylic acid groups (broad SMARTS) is 1. The summed E-state index contributed by atoms with van der Waals surface area (Å²) in [5, 5.41) is 12.2. The average molecular weight is 538 g/mol. The number of ether oxygens (including phenoxy) is 4. The second-order valence-corrected chi connectivity index (χ2v) is 9.72. The van der Waals surface area contributed by atoms with E-state index in [-0.39, 0.29) is 10.9 Å². The summed E-state index contributed by atoms with van der Waals surface area (Å²) in [6, 6.07) is 16.3. The molecule has 1 aliphatic heterocycles. The molecule has 1 aliphatic carbocycles. The fourth-order valence-corrected chi connectivity index (χ4v) is 4.74. The van der Waals surface area contributed by atoms with Gasteiger partial charge in [-0.3, -0.25) is 4.79 Å². The molecule has 1 amide bonds. The fraction of sp³-hybridized carbons (Fsp3) is 0.310. The van der Waals surface area contributed by atoms with Crippen molar-refractivity contribution >= 4 is 23.7 Å². The highest BCUT2D eigenvalue weighted by Gasteiger charge is 2.27. The lowest BCUT2D eigenvalue weighted by atomic mass is 10.0. The number of halogens is 1. The molecule has 1 atom stereocenters. The number of hydrogen-bond acceptors (Lipinski definition) is 6. The van der Waals surface area contributed by atoms with Crippen LogP contribution in [-0.4, -0.2) is 37.4 Å². The topological polar surface area (TPSA) is 103 Å². The van der Waals surface area contributed by atoms with E-state index in [1.54, 1.807) is 43.5 Å². The number of methoxy groups -OCH3 is 1. The van der Waals surface area contributed by atoms with Gasteiger partial charge in [0.2, 0.25) is 0 Å². The molecule has 0 radical (unpaired) electrons. The number of carbonyl (C=O) groups is 2. The van der Waals surface area contributed by atoms with Gasteiger partial charge in [0, 0.05) is 30.2 Å². The van der Waals surface area contributed by atoms with Crippen LogP contribution in [0.4, 0.5) is 4.79 Å². The van der Waals surface area contributed by atoms with Crippen LogP contribution in [0.5, 0.6) is 23.0 Å². The first-order valence-corrected chi connectivity index (χ1v) is 12.9. The van der Waals surface area contributed by atoms with Crippen LogP contribution in [0.1, 0.15) is 58.3 Å². The molecule has 1 heterocycles. The molecule has 0 aromatic heterocycles. The highest BCUT2D eigenvalue weighted by molar-refractivity contribution is 6.32. The summed E-state index contributed by atoms with van der Waals surface area (Å²) in [5.41, 5.74) is 3.44. The molecule has 1 saturated carbocycles. The predicted molar refractivity (Wildman–Crippen MR) is 141 cm³/mol. The van der Waals surface area contributed by atoms with Gasteiger partial charge in [0.15, 0.2) is 0 Å². The molecule has 1 unspecified atom stereocenters. The summed E-state index contributed by atoms with van der Waals surface area (Å²) in [6.45, 7) is 0.794. The van der Waals surface area contributed by atoms with Crippen molar-refractivity contribution in [3.63, 3.8) is 0 Å². The SMILES string of the molecule is COc1cc(C2CC2)ccc1CCNC(=O)c1ccc(Oc2cc3c(cc2Cl)C(OC(=O)O)CCO3)cc1. The van der Waals surface area contributed by atoms with Crippen LogP contribution >= 0.6 is 11.6 Å². The van der Waals surface area contributed by atoms with Crippen LogP contribution in [0.25, 0.3) is 0 Å². The Morgan fingerprint density at radius 2 is 1.84 bits per heavy atom. The van der Waals surface area contributed by atoms with Crippen LogP contribution in [0, 0.1) is 0 Å². The zero-order chi connectivity index (χ0) is 26.6. The van der Waals surface area contributed by atoms with E-state index in [9.17, 15) is 9.59 Å². The standard InChI is InChI=1S/C29H28ClNO7/c1-35-25-14-20(17-2-3-17)5-4-18(25)10-12-31-28(32)19-6-8-21(9-7-19)37-27-16-26-22(15-23(27)30)24(11-13-36-26)38-29(33)34/h4-9,14-17,24H,2-3,10-13H2,1H3,(H,31,32)(H,33,34). The zero-order valence-corrected chi connectivity index (χ0v) is 21.6. The third kappa shape index (κ3) is 5.97. The Morgan fingerprint density at radius 3 is 2.55 bits per heavy atom. The Labute approximate surface area is 225 Å². The molecule has 198 valence electrons. The molecule has 8 nitrogen and oxygen atoms in total. The number of benzene rings is 3. The first-order valence-electron chi connectivity index (χ1n) is 12.5. The summed E-state index contributed by atoms with van der Waals surface area (Å²) in [7, 11) is 1.67. The van der Waals surface area contributed by atoms with Gasteiger partial charge in [-0.15, -0.1) is 0 Å². The lowest BCUT2D eigenvalue weighted by molar-refractivity contribution is 0.0326. The average Bonchev–Trinajstić information content (AvgIpc) is 3.75. The second kappa shape index (κ2) is 11.2. The third-order valence-corrected chi connectivity index (χ3v) is 6.97. The van der Waals surface area contributed by atoms with Gasteiger partial charge in [-0.25, -0.2) is 4.79 Å². The van der Waals surface area contributed by atoms with Crippen molar-refractivity contribution in [1.82, 2.24) is 5.32 Å². The van der Waals surface area contributed by atoms with Crippen molar-refractivity contribution in [1.29, 1.82) is 0 Å². The van der Waals surface area contributed by atoms with E-state index < -0.39 is 12.3 Å². The van der Waals surface area contributed by atoms with Crippen molar-refractivity contribution in [2.75, 3.05) is 20.3 Å². The quantitative estimate of drug-likeness (QED) is 0.300. The molecule has 0 spiro atoms. The van der Waals surface area contributed by atoms with Gasteiger partial charge >= 0.3 is 6.16 Å². The van der Waals surface area contributed by atoms with Crippen molar-refractivity contribution < 1.29 is 33.6 Å². The number of carbonyl (C=O) groups excluding carboxylic acids is 1. The Kier molecular flexibility index (Phi) is 7.60. The molecule has 2 N–H and O–H groups in total. The van der Waals surface area contributed by atoms with Gasteiger partial charge in [0.25, 0.3) is 5.91 Å². The lowest BCUT2D eigenvalue weighted by Crippen LogP contribution is -2.25. The number of fused-ring (bicyclic) bond motifs is 1. The van der Waals surface area contributed by atoms with E-state index in [2.05, 4.69) is 23.5 Å². The highest BCUT2D eigenvalue weighted by Crippen LogP contribution is 2.43. The lowest BCUT2D eigenvalue weighted by Gasteiger charge is -2.25. The minimum atomic E-state index is -1.36. The van der Waals surface area contributed by atoms with E-state index in [1.807, 2.05) is 0 Å². The molecule has 0 saturated heterocycles. The summed E-state index contributed by atoms with van der Waals surface area (Å²) in [6.07, 6.45) is 1.54. The van der Waals surface area contributed by atoms with E-state index in [1.165, 1.54) is 18.4 Å². The largest absolute Gasteiger partial charge is 0.506 e. The molecular formula is C29H28ClNO7. The van der Waals surface area contributed by atoms with Gasteiger partial charge in [-0.2, -0.15) is 0 Å². The molecule has 3 aromatic carbocycles. The van der Waals surface area contributed by atoms with Crippen LogP contribution < -0.4 is 19.5 Å².